The third-order valence-corrected chi connectivity index (χ3v) is 4.95. The average Bonchev–Trinajstić information content (AvgIpc) is 2.67. The lowest BCUT2D eigenvalue weighted by molar-refractivity contribution is -0.141. The quantitative estimate of drug-likeness (QED) is 0.668. The van der Waals surface area contributed by atoms with Crippen molar-refractivity contribution in [3.63, 3.8) is 0 Å². The van der Waals surface area contributed by atoms with Gasteiger partial charge in [0, 0.05) is 24.0 Å². The SMILES string of the molecule is CCC(C(=O)NC(C)C)N(Cc1ccccc1Cl)C(=O)CCc1ccccc1. The molecule has 2 rings (SSSR count). The minimum atomic E-state index is -0.526. The number of rotatable bonds is 9. The lowest BCUT2D eigenvalue weighted by Gasteiger charge is -2.31. The Morgan fingerprint density at radius 3 is 2.29 bits per heavy atom. The molecule has 2 aromatic carbocycles. The molecule has 0 aromatic heterocycles. The van der Waals surface area contributed by atoms with E-state index in [1.807, 2.05) is 69.3 Å². The Kier molecular flexibility index (Phi) is 8.52. The first kappa shape index (κ1) is 22.0. The number of amides is 2. The zero-order chi connectivity index (χ0) is 20.5. The van der Waals surface area contributed by atoms with Crippen LogP contribution in [-0.4, -0.2) is 28.8 Å². The van der Waals surface area contributed by atoms with E-state index in [0.29, 0.717) is 30.8 Å². The molecule has 28 heavy (non-hydrogen) atoms. The van der Waals surface area contributed by atoms with E-state index < -0.39 is 6.04 Å². The van der Waals surface area contributed by atoms with Gasteiger partial charge in [-0.05, 0) is 43.9 Å². The predicted octanol–water partition coefficient (Wildman–Crippen LogP) is 4.60. The van der Waals surface area contributed by atoms with Crippen molar-refractivity contribution in [1.29, 1.82) is 0 Å². The minimum absolute atomic E-state index is 0.0168. The molecule has 1 unspecified atom stereocenters. The molecule has 2 amide bonds. The maximum absolute atomic E-state index is 13.1. The number of carbonyl (C=O) groups excluding carboxylic acids is 2. The first-order chi connectivity index (χ1) is 13.4. The summed E-state index contributed by atoms with van der Waals surface area (Å²) in [5.74, 6) is -0.174. The van der Waals surface area contributed by atoms with Crippen LogP contribution < -0.4 is 5.32 Å². The van der Waals surface area contributed by atoms with Crippen LogP contribution in [0.25, 0.3) is 0 Å². The predicted molar refractivity (Wildman–Crippen MR) is 114 cm³/mol. The van der Waals surface area contributed by atoms with E-state index in [1.165, 1.54) is 0 Å². The first-order valence-corrected chi connectivity index (χ1v) is 10.2. The van der Waals surface area contributed by atoms with Gasteiger partial charge in [0.15, 0.2) is 0 Å². The summed E-state index contributed by atoms with van der Waals surface area (Å²) in [5, 5.41) is 3.54. The minimum Gasteiger partial charge on any atom is -0.352 e. The lowest BCUT2D eigenvalue weighted by atomic mass is 10.1. The van der Waals surface area contributed by atoms with Crippen LogP contribution in [0.5, 0.6) is 0 Å². The number of hydrogen-bond donors (Lipinski definition) is 1. The third-order valence-electron chi connectivity index (χ3n) is 4.59. The fourth-order valence-corrected chi connectivity index (χ4v) is 3.35. The van der Waals surface area contributed by atoms with Crippen molar-refractivity contribution in [3.05, 3.63) is 70.7 Å². The van der Waals surface area contributed by atoms with Crippen molar-refractivity contribution in [3.8, 4) is 0 Å². The molecule has 0 aliphatic carbocycles. The standard InChI is InChI=1S/C23H29ClN2O2/c1-4-21(23(28)25-17(2)3)26(16-19-12-8-9-13-20(19)24)22(27)15-14-18-10-6-5-7-11-18/h5-13,17,21H,4,14-16H2,1-3H3,(H,25,28). The van der Waals surface area contributed by atoms with Crippen LogP contribution in [0, 0.1) is 0 Å². The number of nitrogens with zero attached hydrogens (tertiary/aromatic N) is 1. The molecule has 0 aliphatic rings. The Balaban J connectivity index is 2.22. The maximum Gasteiger partial charge on any atom is 0.243 e. The van der Waals surface area contributed by atoms with E-state index >= 15 is 0 Å². The number of aryl methyl sites for hydroxylation is 1. The van der Waals surface area contributed by atoms with Crippen molar-refractivity contribution in [2.75, 3.05) is 0 Å². The number of nitrogens with one attached hydrogen (secondary N) is 1. The molecule has 4 nitrogen and oxygen atoms in total. The van der Waals surface area contributed by atoms with Crippen molar-refractivity contribution in [2.45, 2.75) is 58.7 Å². The van der Waals surface area contributed by atoms with E-state index in [9.17, 15) is 9.59 Å². The zero-order valence-electron chi connectivity index (χ0n) is 16.8. The van der Waals surface area contributed by atoms with E-state index in [2.05, 4.69) is 5.32 Å². The summed E-state index contributed by atoms with van der Waals surface area (Å²) in [5.41, 5.74) is 1.95. The number of halogens is 1. The number of carbonyl (C=O) groups is 2. The molecule has 150 valence electrons. The highest BCUT2D eigenvalue weighted by Crippen LogP contribution is 2.20. The van der Waals surface area contributed by atoms with Crippen LogP contribution in [0.2, 0.25) is 5.02 Å². The second-order valence-electron chi connectivity index (χ2n) is 7.19. The monoisotopic (exact) mass is 400 g/mol. The summed E-state index contributed by atoms with van der Waals surface area (Å²) in [6, 6.07) is 16.8. The summed E-state index contributed by atoms with van der Waals surface area (Å²) in [6.07, 6.45) is 1.53. The highest BCUT2D eigenvalue weighted by molar-refractivity contribution is 6.31. The Morgan fingerprint density at radius 2 is 1.68 bits per heavy atom. The molecule has 5 heteroatoms. The molecular formula is C23H29ClN2O2. The third kappa shape index (κ3) is 6.38. The molecular weight excluding hydrogens is 372 g/mol. The summed E-state index contributed by atoms with van der Waals surface area (Å²) < 4.78 is 0. The van der Waals surface area contributed by atoms with Gasteiger partial charge < -0.3 is 10.2 Å². The van der Waals surface area contributed by atoms with Gasteiger partial charge in [0.25, 0.3) is 0 Å². The molecule has 1 atom stereocenters. The van der Waals surface area contributed by atoms with Gasteiger partial charge in [0.1, 0.15) is 6.04 Å². The molecule has 0 saturated heterocycles. The van der Waals surface area contributed by atoms with E-state index in [4.69, 9.17) is 11.6 Å². The second kappa shape index (κ2) is 10.9. The van der Waals surface area contributed by atoms with Gasteiger partial charge in [0.05, 0.1) is 0 Å². The van der Waals surface area contributed by atoms with Crippen molar-refractivity contribution in [1.82, 2.24) is 10.2 Å². The van der Waals surface area contributed by atoms with Crippen LogP contribution in [0.4, 0.5) is 0 Å². The maximum atomic E-state index is 13.1. The van der Waals surface area contributed by atoms with Crippen LogP contribution in [0.1, 0.15) is 44.7 Å². The topological polar surface area (TPSA) is 49.4 Å². The van der Waals surface area contributed by atoms with Gasteiger partial charge in [-0.1, -0.05) is 67.1 Å². The highest BCUT2D eigenvalue weighted by Gasteiger charge is 2.29. The normalized spacial score (nSPS) is 11.9. The van der Waals surface area contributed by atoms with Crippen LogP contribution in [0.15, 0.2) is 54.6 Å². The van der Waals surface area contributed by atoms with Crippen molar-refractivity contribution < 1.29 is 9.59 Å². The number of benzene rings is 2. The Bertz CT molecular complexity index is 777. The van der Waals surface area contributed by atoms with E-state index in [0.717, 1.165) is 11.1 Å². The van der Waals surface area contributed by atoms with Gasteiger partial charge in [-0.2, -0.15) is 0 Å². The Labute approximate surface area is 172 Å². The fourth-order valence-electron chi connectivity index (χ4n) is 3.15. The summed E-state index contributed by atoms with van der Waals surface area (Å²) >= 11 is 6.32. The zero-order valence-corrected chi connectivity index (χ0v) is 17.6. The van der Waals surface area contributed by atoms with Crippen molar-refractivity contribution in [2.24, 2.45) is 0 Å². The van der Waals surface area contributed by atoms with E-state index in [1.54, 1.807) is 11.0 Å². The molecule has 0 fully saturated rings. The first-order valence-electron chi connectivity index (χ1n) is 9.79. The molecule has 0 aliphatic heterocycles. The molecule has 0 heterocycles. The fraction of sp³-hybridized carbons (Fsp3) is 0.391. The van der Waals surface area contributed by atoms with Gasteiger partial charge in [-0.3, -0.25) is 9.59 Å². The summed E-state index contributed by atoms with van der Waals surface area (Å²) in [7, 11) is 0. The smallest absolute Gasteiger partial charge is 0.243 e. The molecule has 2 aromatic rings. The molecule has 0 radical (unpaired) electrons. The summed E-state index contributed by atoms with van der Waals surface area (Å²) in [4.78, 5) is 27.5. The van der Waals surface area contributed by atoms with Crippen LogP contribution in [-0.2, 0) is 22.6 Å². The van der Waals surface area contributed by atoms with Crippen LogP contribution >= 0.6 is 11.6 Å². The molecule has 0 bridgehead atoms. The molecule has 0 spiro atoms. The van der Waals surface area contributed by atoms with Crippen LogP contribution in [0.3, 0.4) is 0 Å². The van der Waals surface area contributed by atoms with E-state index in [-0.39, 0.29) is 17.9 Å². The van der Waals surface area contributed by atoms with Gasteiger partial charge in [-0.15, -0.1) is 0 Å². The highest BCUT2D eigenvalue weighted by atomic mass is 35.5. The number of hydrogen-bond acceptors (Lipinski definition) is 2. The van der Waals surface area contributed by atoms with Gasteiger partial charge in [0.2, 0.25) is 11.8 Å². The summed E-state index contributed by atoms with van der Waals surface area (Å²) in [6.45, 7) is 6.08. The lowest BCUT2D eigenvalue weighted by Crippen LogP contribution is -2.50. The second-order valence-corrected chi connectivity index (χ2v) is 7.59. The van der Waals surface area contributed by atoms with Gasteiger partial charge in [-0.25, -0.2) is 0 Å². The Hall–Kier alpha value is -2.33. The largest absolute Gasteiger partial charge is 0.352 e. The molecule has 0 saturated carbocycles. The molecule has 1 N–H and O–H groups in total. The van der Waals surface area contributed by atoms with Crippen molar-refractivity contribution >= 4 is 23.4 Å². The van der Waals surface area contributed by atoms with Gasteiger partial charge >= 0.3 is 0 Å². The average molecular weight is 401 g/mol. The Morgan fingerprint density at radius 1 is 1.04 bits per heavy atom.